The first-order valence-corrected chi connectivity index (χ1v) is 8.17. The number of aryl methyl sites for hydroxylation is 1. The maximum atomic E-state index is 13.5. The van der Waals surface area contributed by atoms with Crippen molar-refractivity contribution in [3.05, 3.63) is 53.9 Å². The highest BCUT2D eigenvalue weighted by Gasteiger charge is 2.32. The molecule has 0 unspecified atom stereocenters. The number of pyridine rings is 1. The number of anilines is 3. The van der Waals surface area contributed by atoms with Gasteiger partial charge in [0.2, 0.25) is 17.8 Å². The highest BCUT2D eigenvalue weighted by molar-refractivity contribution is 5.77. The van der Waals surface area contributed by atoms with Gasteiger partial charge in [0.1, 0.15) is 17.3 Å². The van der Waals surface area contributed by atoms with Crippen LogP contribution in [-0.4, -0.2) is 29.5 Å². The summed E-state index contributed by atoms with van der Waals surface area (Å²) in [4.78, 5) is 19.9. The van der Waals surface area contributed by atoms with Gasteiger partial charge in [0.15, 0.2) is 0 Å². The van der Waals surface area contributed by atoms with Crippen LogP contribution in [0.15, 0.2) is 36.5 Å². The van der Waals surface area contributed by atoms with Crippen LogP contribution < -0.4 is 11.1 Å². The molecule has 0 radical (unpaired) electrons. The highest BCUT2D eigenvalue weighted by Crippen LogP contribution is 2.28. The molecule has 29 heavy (non-hydrogen) atoms. The van der Waals surface area contributed by atoms with E-state index in [4.69, 9.17) is 5.73 Å². The summed E-state index contributed by atoms with van der Waals surface area (Å²) in [6.45, 7) is 1.69. The van der Waals surface area contributed by atoms with Gasteiger partial charge in [-0.2, -0.15) is 28.1 Å². The maximum Gasteiger partial charge on any atom is 0.433 e. The zero-order valence-electron chi connectivity index (χ0n) is 14.7. The highest BCUT2D eigenvalue weighted by atomic mass is 19.4. The van der Waals surface area contributed by atoms with Gasteiger partial charge in [-0.1, -0.05) is 0 Å². The summed E-state index contributed by atoms with van der Waals surface area (Å²) >= 11 is 0. The number of rotatable bonds is 3. The summed E-state index contributed by atoms with van der Waals surface area (Å²) in [5, 5.41) is 2.74. The van der Waals surface area contributed by atoms with Crippen molar-refractivity contribution in [2.24, 2.45) is 0 Å². The first-order chi connectivity index (χ1) is 13.7. The number of fused-ring (bicyclic) bond motifs is 1. The number of nitrogens with one attached hydrogen (secondary N) is 1. The average Bonchev–Trinajstić information content (AvgIpc) is 2.95. The first kappa shape index (κ1) is 18.5. The van der Waals surface area contributed by atoms with Crippen molar-refractivity contribution in [1.29, 1.82) is 0 Å². The summed E-state index contributed by atoms with van der Waals surface area (Å²) in [7, 11) is 0. The van der Waals surface area contributed by atoms with Crippen LogP contribution in [0.5, 0.6) is 0 Å². The molecule has 0 bridgehead atoms. The van der Waals surface area contributed by atoms with E-state index in [1.54, 1.807) is 11.5 Å². The quantitative estimate of drug-likeness (QED) is 0.504. The van der Waals surface area contributed by atoms with E-state index >= 15 is 0 Å². The van der Waals surface area contributed by atoms with E-state index in [1.165, 1.54) is 24.3 Å². The molecule has 8 nitrogen and oxygen atoms in total. The van der Waals surface area contributed by atoms with Gasteiger partial charge < -0.3 is 11.1 Å². The van der Waals surface area contributed by atoms with Crippen molar-refractivity contribution < 1.29 is 17.6 Å². The Bertz CT molecular complexity index is 1200. The van der Waals surface area contributed by atoms with E-state index in [1.807, 2.05) is 0 Å². The van der Waals surface area contributed by atoms with Crippen LogP contribution in [0, 0.1) is 12.7 Å². The molecule has 0 aliphatic carbocycles. The third-order valence-corrected chi connectivity index (χ3v) is 3.94. The Morgan fingerprint density at radius 3 is 2.52 bits per heavy atom. The Labute approximate surface area is 160 Å². The van der Waals surface area contributed by atoms with Crippen LogP contribution in [0.4, 0.5) is 35.1 Å². The largest absolute Gasteiger partial charge is 0.433 e. The van der Waals surface area contributed by atoms with Crippen molar-refractivity contribution >= 4 is 28.6 Å². The number of imidazole rings is 1. The van der Waals surface area contributed by atoms with Crippen molar-refractivity contribution in [3.8, 4) is 5.95 Å². The number of nitrogens with two attached hydrogens (primary N) is 1. The molecule has 1 aromatic carbocycles. The molecule has 4 rings (SSSR count). The second-order valence-electron chi connectivity index (χ2n) is 6.00. The van der Waals surface area contributed by atoms with Gasteiger partial charge in [-0.3, -0.25) is 4.57 Å². The van der Waals surface area contributed by atoms with Gasteiger partial charge in [-0.25, -0.2) is 14.4 Å². The standard InChI is InChI=1S/C17H12F4N8/c1-8-24-11-6-9(18)2-4-12(11)29(8)16-27-14(22)26-15(28-16)25-10-3-5-13(23-7-10)17(19,20)21/h2-7H,1H3,(H3,22,25,26,27,28). The number of hydrogen-bond acceptors (Lipinski definition) is 7. The Morgan fingerprint density at radius 2 is 1.83 bits per heavy atom. The molecule has 0 atom stereocenters. The third-order valence-electron chi connectivity index (χ3n) is 3.94. The number of halogens is 4. The molecule has 0 saturated carbocycles. The lowest BCUT2D eigenvalue weighted by atomic mass is 10.3. The zero-order valence-corrected chi connectivity index (χ0v) is 14.7. The maximum absolute atomic E-state index is 13.5. The lowest BCUT2D eigenvalue weighted by molar-refractivity contribution is -0.141. The minimum Gasteiger partial charge on any atom is -0.368 e. The Morgan fingerprint density at radius 1 is 1.03 bits per heavy atom. The van der Waals surface area contributed by atoms with Crippen molar-refractivity contribution in [2.75, 3.05) is 11.1 Å². The predicted molar refractivity (Wildman–Crippen MR) is 96.1 cm³/mol. The van der Waals surface area contributed by atoms with E-state index in [0.717, 1.165) is 12.3 Å². The fourth-order valence-corrected chi connectivity index (χ4v) is 2.73. The summed E-state index contributed by atoms with van der Waals surface area (Å²) in [5.74, 6) is 0.0393. The molecule has 0 saturated heterocycles. The summed E-state index contributed by atoms with van der Waals surface area (Å²) < 4.78 is 52.9. The smallest absolute Gasteiger partial charge is 0.368 e. The number of nitrogen functional groups attached to an aromatic ring is 1. The molecule has 0 spiro atoms. The van der Waals surface area contributed by atoms with E-state index in [-0.39, 0.29) is 23.5 Å². The van der Waals surface area contributed by atoms with Gasteiger partial charge in [-0.15, -0.1) is 0 Å². The molecular formula is C17H12F4N8. The van der Waals surface area contributed by atoms with Gasteiger partial charge in [0, 0.05) is 6.07 Å². The molecular weight excluding hydrogens is 392 g/mol. The second-order valence-corrected chi connectivity index (χ2v) is 6.00. The van der Waals surface area contributed by atoms with Crippen LogP contribution in [-0.2, 0) is 6.18 Å². The summed E-state index contributed by atoms with van der Waals surface area (Å²) in [5.41, 5.74) is 5.92. The number of alkyl halides is 3. The first-order valence-electron chi connectivity index (χ1n) is 8.17. The molecule has 3 N–H and O–H groups in total. The number of hydrogen-bond donors (Lipinski definition) is 2. The minimum atomic E-state index is -4.54. The fourth-order valence-electron chi connectivity index (χ4n) is 2.73. The third kappa shape index (κ3) is 3.63. The van der Waals surface area contributed by atoms with Gasteiger partial charge >= 0.3 is 6.18 Å². The fraction of sp³-hybridized carbons (Fsp3) is 0.118. The van der Waals surface area contributed by atoms with E-state index in [0.29, 0.717) is 16.9 Å². The van der Waals surface area contributed by atoms with Crippen molar-refractivity contribution in [1.82, 2.24) is 29.5 Å². The van der Waals surface area contributed by atoms with Crippen molar-refractivity contribution in [2.45, 2.75) is 13.1 Å². The van der Waals surface area contributed by atoms with Crippen LogP contribution >= 0.6 is 0 Å². The molecule has 148 valence electrons. The van der Waals surface area contributed by atoms with Crippen LogP contribution in [0.1, 0.15) is 11.5 Å². The molecule has 0 amide bonds. The summed E-state index contributed by atoms with van der Waals surface area (Å²) in [6.07, 6.45) is -3.54. The molecule has 12 heteroatoms. The molecule has 0 aliphatic heterocycles. The lowest BCUT2D eigenvalue weighted by Gasteiger charge is -2.10. The molecule has 0 fully saturated rings. The Kier molecular flexibility index (Phi) is 4.25. The minimum absolute atomic E-state index is 0.00239. The SMILES string of the molecule is Cc1nc2cc(F)ccc2n1-c1nc(N)nc(Nc2ccc(C(F)(F)F)nc2)n1. The van der Waals surface area contributed by atoms with Gasteiger partial charge in [0.25, 0.3) is 0 Å². The normalized spacial score (nSPS) is 11.8. The molecule has 0 aliphatic rings. The number of nitrogens with zero attached hydrogens (tertiary/aromatic N) is 6. The topological polar surface area (TPSA) is 107 Å². The Hall–Kier alpha value is -3.83. The van der Waals surface area contributed by atoms with Gasteiger partial charge in [0.05, 0.1) is 22.9 Å². The second kappa shape index (κ2) is 6.65. The van der Waals surface area contributed by atoms with E-state index in [9.17, 15) is 17.6 Å². The lowest BCUT2D eigenvalue weighted by Crippen LogP contribution is -2.11. The number of benzene rings is 1. The predicted octanol–water partition coefficient (Wildman–Crippen LogP) is 3.40. The molecule has 4 aromatic rings. The molecule has 3 heterocycles. The number of aromatic nitrogens is 6. The Balaban J connectivity index is 1.71. The average molecular weight is 404 g/mol. The van der Waals surface area contributed by atoms with Crippen LogP contribution in [0.3, 0.4) is 0 Å². The monoisotopic (exact) mass is 404 g/mol. The molecule has 3 aromatic heterocycles. The van der Waals surface area contributed by atoms with E-state index < -0.39 is 17.7 Å². The van der Waals surface area contributed by atoms with Crippen LogP contribution in [0.2, 0.25) is 0 Å². The zero-order chi connectivity index (χ0) is 20.8. The summed E-state index contributed by atoms with van der Waals surface area (Å²) in [6, 6.07) is 6.09. The van der Waals surface area contributed by atoms with Crippen molar-refractivity contribution in [3.63, 3.8) is 0 Å². The van der Waals surface area contributed by atoms with Gasteiger partial charge in [-0.05, 0) is 31.2 Å². The van der Waals surface area contributed by atoms with Crippen LogP contribution in [0.25, 0.3) is 17.0 Å². The van der Waals surface area contributed by atoms with E-state index in [2.05, 4.69) is 30.2 Å².